The highest BCUT2D eigenvalue weighted by Crippen LogP contribution is 2.28. The number of aromatic nitrogens is 2. The van der Waals surface area contributed by atoms with Gasteiger partial charge in [0.15, 0.2) is 11.5 Å². The summed E-state index contributed by atoms with van der Waals surface area (Å²) in [7, 11) is 1.60. The number of nitrogens with zero attached hydrogens (tertiary/aromatic N) is 1. The van der Waals surface area contributed by atoms with Crippen LogP contribution >= 0.6 is 0 Å². The van der Waals surface area contributed by atoms with Crippen molar-refractivity contribution in [2.45, 2.75) is 6.92 Å². The summed E-state index contributed by atoms with van der Waals surface area (Å²) in [6.45, 7) is 2.50. The molecule has 0 radical (unpaired) electrons. The monoisotopic (exact) mass is 322 g/mol. The van der Waals surface area contributed by atoms with Crippen molar-refractivity contribution in [2.24, 2.45) is 0 Å². The molecule has 5 heteroatoms. The van der Waals surface area contributed by atoms with Gasteiger partial charge in [-0.1, -0.05) is 24.3 Å². The lowest BCUT2D eigenvalue weighted by atomic mass is 10.2. The minimum atomic E-state index is -0.149. The number of aromatic amines is 1. The van der Waals surface area contributed by atoms with Crippen LogP contribution in [0.15, 0.2) is 47.3 Å². The van der Waals surface area contributed by atoms with Gasteiger partial charge in [0.2, 0.25) is 0 Å². The maximum atomic E-state index is 12.1. The van der Waals surface area contributed by atoms with E-state index in [1.807, 2.05) is 49.4 Å². The Kier molecular flexibility index (Phi) is 4.61. The molecule has 3 aromatic rings. The average Bonchev–Trinajstić information content (AvgIpc) is 2.61. The van der Waals surface area contributed by atoms with Crippen molar-refractivity contribution in [3.05, 3.63) is 64.2 Å². The standard InChI is InChI=1S/C19H18N2O3/c1-3-24-16-10-8-13(12-17(16)23-2)9-11-18-20-15-7-5-4-6-14(15)19(22)21-18/h4-12H,3H2,1-2H3,(H,20,21,22). The smallest absolute Gasteiger partial charge is 0.259 e. The summed E-state index contributed by atoms with van der Waals surface area (Å²) in [4.78, 5) is 19.3. The first-order valence-electron chi connectivity index (χ1n) is 7.69. The Morgan fingerprint density at radius 1 is 1.12 bits per heavy atom. The molecule has 0 saturated heterocycles. The molecule has 24 heavy (non-hydrogen) atoms. The van der Waals surface area contributed by atoms with Crippen LogP contribution in [-0.4, -0.2) is 23.7 Å². The second-order valence-corrected chi connectivity index (χ2v) is 5.14. The van der Waals surface area contributed by atoms with E-state index in [4.69, 9.17) is 9.47 Å². The first-order valence-corrected chi connectivity index (χ1v) is 7.69. The Morgan fingerprint density at radius 3 is 2.75 bits per heavy atom. The predicted molar refractivity (Wildman–Crippen MR) is 95.5 cm³/mol. The van der Waals surface area contributed by atoms with Gasteiger partial charge in [0, 0.05) is 0 Å². The lowest BCUT2D eigenvalue weighted by molar-refractivity contribution is 0.311. The minimum Gasteiger partial charge on any atom is -0.493 e. The third-order valence-electron chi connectivity index (χ3n) is 3.55. The highest BCUT2D eigenvalue weighted by Gasteiger charge is 2.04. The Balaban J connectivity index is 1.92. The Morgan fingerprint density at radius 2 is 1.96 bits per heavy atom. The van der Waals surface area contributed by atoms with E-state index in [1.54, 1.807) is 19.3 Å². The van der Waals surface area contributed by atoms with Gasteiger partial charge in [-0.05, 0) is 42.8 Å². The number of benzene rings is 2. The minimum absolute atomic E-state index is 0.149. The summed E-state index contributed by atoms with van der Waals surface area (Å²) >= 11 is 0. The molecule has 2 aromatic carbocycles. The Hall–Kier alpha value is -3.08. The van der Waals surface area contributed by atoms with Crippen LogP contribution in [0.25, 0.3) is 23.1 Å². The third kappa shape index (κ3) is 3.30. The number of hydrogen-bond acceptors (Lipinski definition) is 4. The van der Waals surface area contributed by atoms with Crippen LogP contribution in [-0.2, 0) is 0 Å². The lowest BCUT2D eigenvalue weighted by Crippen LogP contribution is -2.09. The van der Waals surface area contributed by atoms with Gasteiger partial charge in [-0.15, -0.1) is 0 Å². The van der Waals surface area contributed by atoms with Crippen molar-refractivity contribution >= 4 is 23.1 Å². The van der Waals surface area contributed by atoms with Gasteiger partial charge in [0.25, 0.3) is 5.56 Å². The summed E-state index contributed by atoms with van der Waals surface area (Å²) in [6, 6.07) is 12.9. The van der Waals surface area contributed by atoms with E-state index in [-0.39, 0.29) is 5.56 Å². The predicted octanol–water partition coefficient (Wildman–Crippen LogP) is 3.50. The van der Waals surface area contributed by atoms with Crippen molar-refractivity contribution in [1.29, 1.82) is 0 Å². The third-order valence-corrected chi connectivity index (χ3v) is 3.55. The normalized spacial score (nSPS) is 11.1. The van der Waals surface area contributed by atoms with E-state index in [0.717, 1.165) is 5.56 Å². The maximum Gasteiger partial charge on any atom is 0.259 e. The molecular weight excluding hydrogens is 304 g/mol. The van der Waals surface area contributed by atoms with Crippen LogP contribution in [0.3, 0.4) is 0 Å². The van der Waals surface area contributed by atoms with Gasteiger partial charge in [-0.3, -0.25) is 4.79 Å². The molecule has 0 unspecified atom stereocenters. The van der Waals surface area contributed by atoms with Crippen molar-refractivity contribution in [1.82, 2.24) is 9.97 Å². The van der Waals surface area contributed by atoms with Crippen LogP contribution in [0.2, 0.25) is 0 Å². The number of fused-ring (bicyclic) bond motifs is 1. The van der Waals surface area contributed by atoms with Gasteiger partial charge in [-0.25, -0.2) is 4.98 Å². The van der Waals surface area contributed by atoms with Crippen molar-refractivity contribution in [3.8, 4) is 11.5 Å². The SMILES string of the molecule is CCOc1ccc(C=Cc2nc3ccccc3c(=O)[nH]2)cc1OC. The van der Waals surface area contributed by atoms with Crippen LogP contribution in [0, 0.1) is 0 Å². The molecule has 0 fully saturated rings. The molecule has 0 bridgehead atoms. The molecule has 0 aliphatic heterocycles. The molecular formula is C19H18N2O3. The largest absolute Gasteiger partial charge is 0.493 e. The lowest BCUT2D eigenvalue weighted by Gasteiger charge is -2.09. The Bertz CT molecular complexity index is 945. The summed E-state index contributed by atoms with van der Waals surface area (Å²) in [5.41, 5.74) is 1.45. The maximum absolute atomic E-state index is 12.1. The molecule has 1 N–H and O–H groups in total. The topological polar surface area (TPSA) is 64.2 Å². The highest BCUT2D eigenvalue weighted by atomic mass is 16.5. The van der Waals surface area contributed by atoms with E-state index in [1.165, 1.54) is 0 Å². The van der Waals surface area contributed by atoms with Crippen molar-refractivity contribution in [3.63, 3.8) is 0 Å². The first kappa shape index (κ1) is 15.8. The molecule has 0 amide bonds. The highest BCUT2D eigenvalue weighted by molar-refractivity contribution is 5.79. The number of ether oxygens (including phenoxy) is 2. The van der Waals surface area contributed by atoms with E-state index in [0.29, 0.717) is 34.8 Å². The molecule has 0 atom stereocenters. The molecule has 3 rings (SSSR count). The molecule has 0 spiro atoms. The fraction of sp³-hybridized carbons (Fsp3) is 0.158. The number of hydrogen-bond donors (Lipinski definition) is 1. The van der Waals surface area contributed by atoms with Gasteiger partial charge in [0.1, 0.15) is 5.82 Å². The van der Waals surface area contributed by atoms with Gasteiger partial charge in [0.05, 0.1) is 24.6 Å². The molecule has 5 nitrogen and oxygen atoms in total. The first-order chi connectivity index (χ1) is 11.7. The van der Waals surface area contributed by atoms with E-state index in [9.17, 15) is 4.79 Å². The fourth-order valence-corrected chi connectivity index (χ4v) is 2.42. The van der Waals surface area contributed by atoms with Gasteiger partial charge in [-0.2, -0.15) is 0 Å². The van der Waals surface area contributed by atoms with E-state index >= 15 is 0 Å². The van der Waals surface area contributed by atoms with E-state index in [2.05, 4.69) is 9.97 Å². The molecule has 1 aromatic heterocycles. The average molecular weight is 322 g/mol. The Labute approximate surface area is 139 Å². The second-order valence-electron chi connectivity index (χ2n) is 5.14. The quantitative estimate of drug-likeness (QED) is 0.781. The molecule has 122 valence electrons. The summed E-state index contributed by atoms with van der Waals surface area (Å²) in [5.74, 6) is 1.87. The summed E-state index contributed by atoms with van der Waals surface area (Å²) in [5, 5.41) is 0.581. The fourth-order valence-electron chi connectivity index (χ4n) is 2.42. The summed E-state index contributed by atoms with van der Waals surface area (Å²) < 4.78 is 10.8. The zero-order valence-electron chi connectivity index (χ0n) is 13.6. The van der Waals surface area contributed by atoms with Crippen molar-refractivity contribution in [2.75, 3.05) is 13.7 Å². The van der Waals surface area contributed by atoms with Crippen LogP contribution in [0.1, 0.15) is 18.3 Å². The van der Waals surface area contributed by atoms with Crippen LogP contribution < -0.4 is 15.0 Å². The molecule has 0 saturated carbocycles. The number of nitrogens with one attached hydrogen (secondary N) is 1. The number of methoxy groups -OCH3 is 1. The zero-order chi connectivity index (χ0) is 16.9. The zero-order valence-corrected chi connectivity index (χ0v) is 13.6. The van der Waals surface area contributed by atoms with Gasteiger partial charge >= 0.3 is 0 Å². The second kappa shape index (κ2) is 7.00. The molecule has 1 heterocycles. The van der Waals surface area contributed by atoms with Crippen LogP contribution in [0.5, 0.6) is 11.5 Å². The molecule has 0 aliphatic carbocycles. The number of rotatable bonds is 5. The van der Waals surface area contributed by atoms with E-state index < -0.39 is 0 Å². The van der Waals surface area contributed by atoms with Crippen LogP contribution in [0.4, 0.5) is 0 Å². The van der Waals surface area contributed by atoms with Crippen molar-refractivity contribution < 1.29 is 9.47 Å². The molecule has 0 aliphatic rings. The summed E-state index contributed by atoms with van der Waals surface area (Å²) in [6.07, 6.45) is 3.63. The van der Waals surface area contributed by atoms with Gasteiger partial charge < -0.3 is 14.5 Å². The number of H-pyrrole nitrogens is 1. The number of para-hydroxylation sites is 1.